The van der Waals surface area contributed by atoms with E-state index in [0.717, 1.165) is 11.1 Å². The van der Waals surface area contributed by atoms with Crippen molar-refractivity contribution in [2.45, 2.75) is 25.9 Å². The summed E-state index contributed by atoms with van der Waals surface area (Å²) in [5, 5.41) is 10.8. The molecular weight excluding hydrogens is 472 g/mol. The topological polar surface area (TPSA) is 126 Å². The molecule has 0 aliphatic rings. The van der Waals surface area contributed by atoms with Gasteiger partial charge in [-0.3, -0.25) is 14.4 Å². The normalized spacial score (nSPS) is 11.1. The van der Waals surface area contributed by atoms with E-state index in [4.69, 9.17) is 4.74 Å². The molecule has 9 heteroatoms. The number of benzene rings is 3. The number of hydrogen-bond acceptors (Lipinski definition) is 5. The summed E-state index contributed by atoms with van der Waals surface area (Å²) in [7, 11) is 0. The third-order valence-corrected chi connectivity index (χ3v) is 5.30. The number of urea groups is 1. The number of hydrogen-bond donors (Lipinski definition) is 4. The number of amides is 4. The number of anilines is 1. The van der Waals surface area contributed by atoms with E-state index in [1.54, 1.807) is 37.3 Å². The Balaban J connectivity index is 1.52. The van der Waals surface area contributed by atoms with Crippen LogP contribution in [-0.4, -0.2) is 37.0 Å². The van der Waals surface area contributed by atoms with Gasteiger partial charge in [0, 0.05) is 17.8 Å². The molecule has 9 nitrogen and oxygen atoms in total. The van der Waals surface area contributed by atoms with Crippen LogP contribution in [0.2, 0.25) is 0 Å². The molecule has 3 aromatic carbocycles. The van der Waals surface area contributed by atoms with Gasteiger partial charge < -0.3 is 26.0 Å². The van der Waals surface area contributed by atoms with Gasteiger partial charge >= 0.3 is 12.0 Å². The lowest BCUT2D eigenvalue weighted by Crippen LogP contribution is -2.39. The summed E-state index contributed by atoms with van der Waals surface area (Å²) in [6, 6.07) is 23.9. The van der Waals surface area contributed by atoms with E-state index in [0.29, 0.717) is 12.2 Å². The van der Waals surface area contributed by atoms with E-state index >= 15 is 0 Å². The van der Waals surface area contributed by atoms with Crippen LogP contribution in [0.15, 0.2) is 84.9 Å². The summed E-state index contributed by atoms with van der Waals surface area (Å²) in [6.07, 6.45) is -0.0302. The molecule has 0 saturated heterocycles. The van der Waals surface area contributed by atoms with Gasteiger partial charge in [0.25, 0.3) is 5.91 Å². The lowest BCUT2D eigenvalue weighted by atomic mass is 10.0. The van der Waals surface area contributed by atoms with Crippen molar-refractivity contribution in [3.63, 3.8) is 0 Å². The SMILES string of the molecule is CCOC(=O)CC(NC(=O)CNC(=O)c1cccc(NC(=O)NCc2ccccc2)c1)c1ccccc1. The van der Waals surface area contributed by atoms with Crippen LogP contribution < -0.4 is 21.3 Å². The molecule has 192 valence electrons. The fourth-order valence-corrected chi connectivity index (χ4v) is 3.52. The quantitative estimate of drug-likeness (QED) is 0.299. The molecule has 0 aliphatic heterocycles. The first kappa shape index (κ1) is 26.9. The van der Waals surface area contributed by atoms with Crippen LogP contribution in [0.25, 0.3) is 0 Å². The summed E-state index contributed by atoms with van der Waals surface area (Å²) >= 11 is 0. The number of carbonyl (C=O) groups excluding carboxylic acids is 4. The lowest BCUT2D eigenvalue weighted by Gasteiger charge is -2.19. The van der Waals surface area contributed by atoms with Gasteiger partial charge in [0.1, 0.15) is 0 Å². The highest BCUT2D eigenvalue weighted by atomic mass is 16.5. The van der Waals surface area contributed by atoms with E-state index in [2.05, 4.69) is 21.3 Å². The van der Waals surface area contributed by atoms with Crippen molar-refractivity contribution in [1.82, 2.24) is 16.0 Å². The number of rotatable bonds is 11. The molecule has 0 aliphatic carbocycles. The number of esters is 1. The largest absolute Gasteiger partial charge is 0.466 e. The predicted octanol–water partition coefficient (Wildman–Crippen LogP) is 3.55. The zero-order valence-corrected chi connectivity index (χ0v) is 20.5. The molecule has 4 N–H and O–H groups in total. The van der Waals surface area contributed by atoms with Crippen molar-refractivity contribution in [1.29, 1.82) is 0 Å². The molecular formula is C28H30N4O5. The summed E-state index contributed by atoms with van der Waals surface area (Å²) in [6.45, 7) is 2.03. The molecule has 3 rings (SSSR count). The Morgan fingerprint density at radius 3 is 2.24 bits per heavy atom. The molecule has 1 atom stereocenters. The van der Waals surface area contributed by atoms with Crippen LogP contribution in [0.5, 0.6) is 0 Å². The van der Waals surface area contributed by atoms with Gasteiger partial charge in [0.2, 0.25) is 5.91 Å². The highest BCUT2D eigenvalue weighted by Crippen LogP contribution is 2.17. The molecule has 1 unspecified atom stereocenters. The Labute approximate surface area is 215 Å². The Morgan fingerprint density at radius 1 is 0.838 bits per heavy atom. The Kier molecular flexibility index (Phi) is 10.2. The highest BCUT2D eigenvalue weighted by molar-refractivity contribution is 5.98. The van der Waals surface area contributed by atoms with Crippen LogP contribution in [0.1, 0.15) is 40.9 Å². The molecule has 0 fully saturated rings. The molecule has 0 radical (unpaired) electrons. The zero-order chi connectivity index (χ0) is 26.5. The summed E-state index contributed by atoms with van der Waals surface area (Å²) in [4.78, 5) is 49.4. The van der Waals surface area contributed by atoms with Gasteiger partial charge in [-0.15, -0.1) is 0 Å². The Bertz CT molecular complexity index is 1200. The van der Waals surface area contributed by atoms with Crippen molar-refractivity contribution in [3.05, 3.63) is 102 Å². The fraction of sp³-hybridized carbons (Fsp3) is 0.214. The third-order valence-electron chi connectivity index (χ3n) is 5.30. The van der Waals surface area contributed by atoms with E-state index in [9.17, 15) is 19.2 Å². The Morgan fingerprint density at radius 2 is 1.54 bits per heavy atom. The van der Waals surface area contributed by atoms with Gasteiger partial charge in [0.05, 0.1) is 25.6 Å². The van der Waals surface area contributed by atoms with Crippen molar-refractivity contribution >= 4 is 29.5 Å². The molecule has 0 bridgehead atoms. The summed E-state index contributed by atoms with van der Waals surface area (Å²) < 4.78 is 5.01. The van der Waals surface area contributed by atoms with E-state index in [1.807, 2.05) is 48.5 Å². The van der Waals surface area contributed by atoms with Crippen LogP contribution in [0.3, 0.4) is 0 Å². The van der Waals surface area contributed by atoms with Crippen molar-refractivity contribution in [3.8, 4) is 0 Å². The maximum atomic E-state index is 12.6. The second kappa shape index (κ2) is 14.0. The minimum absolute atomic E-state index is 0.0302. The minimum atomic E-state index is -0.591. The smallest absolute Gasteiger partial charge is 0.319 e. The Hall–Kier alpha value is -4.66. The van der Waals surface area contributed by atoms with Crippen molar-refractivity contribution in [2.24, 2.45) is 0 Å². The van der Waals surface area contributed by atoms with Crippen LogP contribution in [0.4, 0.5) is 10.5 Å². The average molecular weight is 503 g/mol. The van der Waals surface area contributed by atoms with E-state index in [1.165, 1.54) is 6.07 Å². The molecule has 0 aromatic heterocycles. The van der Waals surface area contributed by atoms with Gasteiger partial charge in [-0.1, -0.05) is 66.7 Å². The molecule has 0 heterocycles. The average Bonchev–Trinajstić information content (AvgIpc) is 2.91. The monoisotopic (exact) mass is 502 g/mol. The van der Waals surface area contributed by atoms with Crippen LogP contribution >= 0.6 is 0 Å². The summed E-state index contributed by atoms with van der Waals surface area (Å²) in [5.74, 6) is -1.37. The first-order valence-electron chi connectivity index (χ1n) is 11.9. The predicted molar refractivity (Wildman–Crippen MR) is 140 cm³/mol. The van der Waals surface area contributed by atoms with Crippen molar-refractivity contribution in [2.75, 3.05) is 18.5 Å². The molecule has 3 aromatic rings. The highest BCUT2D eigenvalue weighted by Gasteiger charge is 2.19. The third kappa shape index (κ3) is 9.14. The number of carbonyl (C=O) groups is 4. The maximum Gasteiger partial charge on any atom is 0.319 e. The first-order valence-corrected chi connectivity index (χ1v) is 11.9. The maximum absolute atomic E-state index is 12.6. The standard InChI is InChI=1S/C28H30N4O5/c1-2-37-26(34)17-24(21-12-7-4-8-13-21)32-25(33)19-29-27(35)22-14-9-15-23(16-22)31-28(36)30-18-20-10-5-3-6-11-20/h3-16,24H,2,17-19H2,1H3,(H,29,35)(H,32,33)(H2,30,31,36). The van der Waals surface area contributed by atoms with E-state index in [-0.39, 0.29) is 25.1 Å². The molecule has 0 saturated carbocycles. The lowest BCUT2D eigenvalue weighted by molar-refractivity contribution is -0.143. The minimum Gasteiger partial charge on any atom is -0.466 e. The molecule has 0 spiro atoms. The second-order valence-corrected chi connectivity index (χ2v) is 8.10. The van der Waals surface area contributed by atoms with Crippen LogP contribution in [-0.2, 0) is 20.9 Å². The van der Waals surface area contributed by atoms with Crippen molar-refractivity contribution < 1.29 is 23.9 Å². The zero-order valence-electron chi connectivity index (χ0n) is 20.5. The van der Waals surface area contributed by atoms with Crippen LogP contribution in [0, 0.1) is 0 Å². The van der Waals surface area contributed by atoms with Gasteiger partial charge in [-0.05, 0) is 36.2 Å². The second-order valence-electron chi connectivity index (χ2n) is 8.10. The van der Waals surface area contributed by atoms with Gasteiger partial charge in [0.15, 0.2) is 0 Å². The molecule has 37 heavy (non-hydrogen) atoms. The van der Waals surface area contributed by atoms with E-state index < -0.39 is 29.9 Å². The number of nitrogens with one attached hydrogen (secondary N) is 4. The fourth-order valence-electron chi connectivity index (χ4n) is 3.52. The first-order chi connectivity index (χ1) is 17.9. The van der Waals surface area contributed by atoms with Gasteiger partial charge in [-0.25, -0.2) is 4.79 Å². The summed E-state index contributed by atoms with van der Waals surface area (Å²) in [5.41, 5.74) is 2.42. The molecule has 4 amide bonds. The number of ether oxygens (including phenoxy) is 1. The van der Waals surface area contributed by atoms with Gasteiger partial charge in [-0.2, -0.15) is 0 Å².